The monoisotopic (exact) mass is 310 g/mol. The molecule has 0 saturated heterocycles. The molecule has 0 fully saturated rings. The molecule has 0 radical (unpaired) electrons. The van der Waals surface area contributed by atoms with Crippen LogP contribution in [0.3, 0.4) is 0 Å². The van der Waals surface area contributed by atoms with E-state index in [0.29, 0.717) is 0 Å². The van der Waals surface area contributed by atoms with Gasteiger partial charge in [0.1, 0.15) is 0 Å². The first-order chi connectivity index (χ1) is 8.91. The predicted octanol–water partition coefficient (Wildman–Crippen LogP) is 4.28. The number of rotatable bonds is 14. The first-order valence-electron chi connectivity index (χ1n) is 8.36. The second-order valence-corrected chi connectivity index (χ2v) is 5.44. The molecule has 20 heavy (non-hydrogen) atoms. The van der Waals surface area contributed by atoms with Crippen molar-refractivity contribution in [2.75, 3.05) is 0 Å². The van der Waals surface area contributed by atoms with Crippen molar-refractivity contribution in [1.82, 2.24) is 0 Å². The maximum atomic E-state index is 3.87. The Balaban J connectivity index is -0.00000144. The van der Waals surface area contributed by atoms with Gasteiger partial charge in [-0.1, -0.05) is 76.9 Å². The normalized spacial score (nSPS) is 10.3. The van der Waals surface area contributed by atoms with Gasteiger partial charge in [-0.25, -0.2) is 0 Å². The van der Waals surface area contributed by atoms with E-state index in [1.807, 2.05) is 0 Å². The van der Waals surface area contributed by atoms with Crippen molar-refractivity contribution in [1.29, 1.82) is 0 Å². The zero-order valence-corrected chi connectivity index (χ0v) is 17.0. The first kappa shape index (κ1) is 26.0. The molecular formula is C18H36ClNa. The molecule has 0 aliphatic rings. The Morgan fingerprint density at radius 2 is 1.05 bits per heavy atom. The van der Waals surface area contributed by atoms with Gasteiger partial charge in [0.25, 0.3) is 0 Å². The van der Waals surface area contributed by atoms with Crippen molar-refractivity contribution < 1.29 is 29.6 Å². The van der Waals surface area contributed by atoms with Crippen LogP contribution in [0.15, 0.2) is 12.2 Å². The third-order valence-corrected chi connectivity index (χ3v) is 3.51. The molecule has 0 aromatic heterocycles. The van der Waals surface area contributed by atoms with Gasteiger partial charge < -0.3 is 6.92 Å². The third-order valence-electron chi connectivity index (χ3n) is 3.51. The molecule has 0 saturated carbocycles. The van der Waals surface area contributed by atoms with Gasteiger partial charge in [-0.2, -0.15) is 6.42 Å². The molecular weight excluding hydrogens is 275 g/mol. The maximum absolute atomic E-state index is 3.87. The average molecular weight is 311 g/mol. The van der Waals surface area contributed by atoms with Crippen LogP contribution in [-0.4, -0.2) is 0 Å². The molecule has 116 valence electrons. The van der Waals surface area contributed by atoms with Crippen molar-refractivity contribution in [2.45, 2.75) is 96.8 Å². The zero-order chi connectivity index (χ0) is 13.3. The Labute approximate surface area is 157 Å². The molecule has 0 amide bonds. The summed E-state index contributed by atoms with van der Waals surface area (Å²) in [7, 11) is 0. The van der Waals surface area contributed by atoms with Gasteiger partial charge in [0.05, 0.1) is 0 Å². The van der Waals surface area contributed by atoms with E-state index in [1.54, 1.807) is 0 Å². The standard InChI is InChI=1S/C18H35.ClH.Na/c1-3-5-7-9-11-13-15-17-18-16-14-12-10-8-6-4-2;;/h17-18H,1,3-16H2,2H3;1H;/q-1;;+1/b18-17-;;. The summed E-state index contributed by atoms with van der Waals surface area (Å²) in [5, 5.41) is 0. The number of unbranched alkanes of at least 4 members (excludes halogenated alkanes) is 12. The van der Waals surface area contributed by atoms with Crippen molar-refractivity contribution in [3.05, 3.63) is 19.1 Å². The van der Waals surface area contributed by atoms with Crippen molar-refractivity contribution >= 4 is 12.4 Å². The fourth-order valence-corrected chi connectivity index (χ4v) is 2.25. The quantitative estimate of drug-likeness (QED) is 0.194. The number of allylic oxidation sites excluding steroid dienone is 2. The van der Waals surface area contributed by atoms with E-state index >= 15 is 0 Å². The Morgan fingerprint density at radius 3 is 1.50 bits per heavy atom. The van der Waals surface area contributed by atoms with Crippen LogP contribution in [0.1, 0.15) is 96.8 Å². The van der Waals surface area contributed by atoms with Gasteiger partial charge in [0.2, 0.25) is 0 Å². The Hall–Kier alpha value is 1.03. The van der Waals surface area contributed by atoms with Crippen LogP contribution >= 0.6 is 12.4 Å². The molecule has 0 aromatic carbocycles. The van der Waals surface area contributed by atoms with Gasteiger partial charge in [-0.15, -0.1) is 12.4 Å². The van der Waals surface area contributed by atoms with Crippen molar-refractivity contribution in [3.63, 3.8) is 0 Å². The summed E-state index contributed by atoms with van der Waals surface area (Å²) in [6, 6.07) is 0. The summed E-state index contributed by atoms with van der Waals surface area (Å²) < 4.78 is 0. The topological polar surface area (TPSA) is 0 Å². The van der Waals surface area contributed by atoms with E-state index in [2.05, 4.69) is 26.0 Å². The van der Waals surface area contributed by atoms with Crippen LogP contribution in [0.2, 0.25) is 0 Å². The second-order valence-electron chi connectivity index (χ2n) is 5.44. The number of halogens is 1. The van der Waals surface area contributed by atoms with Crippen LogP contribution in [0.5, 0.6) is 0 Å². The summed E-state index contributed by atoms with van der Waals surface area (Å²) in [6.07, 6.45) is 23.8. The van der Waals surface area contributed by atoms with Crippen LogP contribution in [-0.2, 0) is 0 Å². The third kappa shape index (κ3) is 24.1. The second kappa shape index (κ2) is 25.0. The first-order valence-corrected chi connectivity index (χ1v) is 8.36. The van der Waals surface area contributed by atoms with Crippen LogP contribution in [0.4, 0.5) is 0 Å². The molecule has 0 aliphatic carbocycles. The fourth-order valence-electron chi connectivity index (χ4n) is 2.25. The molecule has 0 aromatic rings. The van der Waals surface area contributed by atoms with Crippen LogP contribution < -0.4 is 29.6 Å². The molecule has 0 bridgehead atoms. The molecule has 0 unspecified atom stereocenters. The molecule has 0 spiro atoms. The minimum atomic E-state index is 0. The van der Waals surface area contributed by atoms with Gasteiger partial charge in [-0.05, 0) is 25.7 Å². The summed E-state index contributed by atoms with van der Waals surface area (Å²) in [4.78, 5) is 0. The van der Waals surface area contributed by atoms with Crippen LogP contribution in [0.25, 0.3) is 0 Å². The van der Waals surface area contributed by atoms with Gasteiger partial charge in [0, 0.05) is 0 Å². The molecule has 0 nitrogen and oxygen atoms in total. The summed E-state index contributed by atoms with van der Waals surface area (Å²) in [6.45, 7) is 6.15. The van der Waals surface area contributed by atoms with Gasteiger partial charge >= 0.3 is 29.6 Å². The summed E-state index contributed by atoms with van der Waals surface area (Å²) in [5.41, 5.74) is 0. The van der Waals surface area contributed by atoms with Gasteiger partial charge in [0.15, 0.2) is 0 Å². The van der Waals surface area contributed by atoms with E-state index in [-0.39, 0.29) is 42.0 Å². The van der Waals surface area contributed by atoms with E-state index in [0.717, 1.165) is 6.42 Å². The van der Waals surface area contributed by atoms with Crippen molar-refractivity contribution in [3.8, 4) is 0 Å². The van der Waals surface area contributed by atoms with E-state index in [1.165, 1.54) is 83.5 Å². The largest absolute Gasteiger partial charge is 1.00 e. The van der Waals surface area contributed by atoms with E-state index in [9.17, 15) is 0 Å². The number of hydrogen-bond acceptors (Lipinski definition) is 0. The molecule has 0 aliphatic heterocycles. The molecule has 0 heterocycles. The summed E-state index contributed by atoms with van der Waals surface area (Å²) >= 11 is 0. The van der Waals surface area contributed by atoms with E-state index in [4.69, 9.17) is 0 Å². The maximum Gasteiger partial charge on any atom is 1.00 e. The Morgan fingerprint density at radius 1 is 0.650 bits per heavy atom. The molecule has 2 heteroatoms. The summed E-state index contributed by atoms with van der Waals surface area (Å²) in [5.74, 6) is 0. The average Bonchev–Trinajstić information content (AvgIpc) is 2.39. The smallest absolute Gasteiger partial charge is 0.343 e. The predicted molar refractivity (Wildman–Crippen MR) is 92.1 cm³/mol. The Bertz CT molecular complexity index is 151. The van der Waals surface area contributed by atoms with Crippen molar-refractivity contribution in [2.24, 2.45) is 0 Å². The molecule has 0 rings (SSSR count). The fraction of sp³-hybridized carbons (Fsp3) is 0.833. The SMILES string of the molecule is Cl.[CH2-]CCCCCCC/C=C\CCCCCCCC.[Na+]. The number of hydrogen-bond donors (Lipinski definition) is 0. The van der Waals surface area contributed by atoms with E-state index < -0.39 is 0 Å². The van der Waals surface area contributed by atoms with Crippen LogP contribution in [0, 0.1) is 6.92 Å². The minimum absolute atomic E-state index is 0. The van der Waals surface area contributed by atoms with Gasteiger partial charge in [-0.3, -0.25) is 0 Å². The minimum Gasteiger partial charge on any atom is -0.343 e. The molecule has 0 atom stereocenters. The molecule has 0 N–H and O–H groups in total. The Kier molecular flexibility index (Phi) is 32.5. The zero-order valence-electron chi connectivity index (χ0n) is 14.2.